The molecule has 7 nitrogen and oxygen atoms in total. The van der Waals surface area contributed by atoms with E-state index < -0.39 is 0 Å². The highest BCUT2D eigenvalue weighted by molar-refractivity contribution is 5.95. The molecule has 2 aromatic carbocycles. The summed E-state index contributed by atoms with van der Waals surface area (Å²) in [5.41, 5.74) is 2.71. The molecule has 0 unspecified atom stereocenters. The van der Waals surface area contributed by atoms with Gasteiger partial charge in [0.15, 0.2) is 0 Å². The molecule has 0 bridgehead atoms. The predicted molar refractivity (Wildman–Crippen MR) is 121 cm³/mol. The van der Waals surface area contributed by atoms with Gasteiger partial charge in [-0.15, -0.1) is 0 Å². The number of aryl methyl sites for hydroxylation is 3. The van der Waals surface area contributed by atoms with Crippen molar-refractivity contribution in [3.05, 3.63) is 70.9 Å². The number of hydrogen-bond donors (Lipinski definition) is 1. The number of hydrogen-bond acceptors (Lipinski definition) is 5. The van der Waals surface area contributed by atoms with Crippen molar-refractivity contribution in [1.29, 1.82) is 0 Å². The monoisotopic (exact) mass is 450 g/mol. The molecule has 0 aliphatic carbocycles. The van der Waals surface area contributed by atoms with Crippen LogP contribution in [0.1, 0.15) is 46.6 Å². The van der Waals surface area contributed by atoms with E-state index in [-0.39, 0.29) is 30.1 Å². The number of aromatic nitrogens is 2. The molecule has 0 atom stereocenters. The molecule has 2 heterocycles. The van der Waals surface area contributed by atoms with E-state index in [0.29, 0.717) is 60.8 Å². The number of amides is 2. The molecule has 4 rings (SSSR count). The van der Waals surface area contributed by atoms with Crippen LogP contribution in [-0.4, -0.2) is 46.0 Å². The van der Waals surface area contributed by atoms with Gasteiger partial charge in [0.25, 0.3) is 5.91 Å². The number of carbonyl (C=O) groups is 2. The summed E-state index contributed by atoms with van der Waals surface area (Å²) in [6, 6.07) is 12.3. The Morgan fingerprint density at radius 2 is 1.88 bits per heavy atom. The van der Waals surface area contributed by atoms with Crippen LogP contribution in [0.4, 0.5) is 4.39 Å². The van der Waals surface area contributed by atoms with Crippen LogP contribution in [0.5, 0.6) is 0 Å². The maximum atomic E-state index is 13.8. The summed E-state index contributed by atoms with van der Waals surface area (Å²) in [7, 11) is 0. The Morgan fingerprint density at radius 1 is 1.12 bits per heavy atom. The molecule has 0 spiro atoms. The molecule has 1 fully saturated rings. The molecule has 1 N–H and O–H groups in total. The van der Waals surface area contributed by atoms with Gasteiger partial charge in [0.05, 0.1) is 0 Å². The normalized spacial score (nSPS) is 14.3. The van der Waals surface area contributed by atoms with Gasteiger partial charge in [-0.25, -0.2) is 4.39 Å². The Morgan fingerprint density at radius 3 is 2.61 bits per heavy atom. The van der Waals surface area contributed by atoms with Crippen molar-refractivity contribution in [3.8, 4) is 11.4 Å². The zero-order chi connectivity index (χ0) is 23.4. The minimum absolute atomic E-state index is 0.0137. The van der Waals surface area contributed by atoms with Crippen LogP contribution >= 0.6 is 0 Å². The summed E-state index contributed by atoms with van der Waals surface area (Å²) >= 11 is 0. The van der Waals surface area contributed by atoms with Gasteiger partial charge in [-0.05, 0) is 49.9 Å². The van der Waals surface area contributed by atoms with Crippen LogP contribution < -0.4 is 5.32 Å². The van der Waals surface area contributed by atoms with E-state index in [1.807, 2.05) is 36.1 Å². The second-order valence-electron chi connectivity index (χ2n) is 8.42. The number of rotatable bonds is 6. The van der Waals surface area contributed by atoms with Gasteiger partial charge in [0.1, 0.15) is 5.82 Å². The first kappa shape index (κ1) is 22.6. The van der Waals surface area contributed by atoms with Crippen LogP contribution in [0, 0.1) is 19.7 Å². The number of likely N-dealkylation sites (tertiary alicyclic amines) is 1. The summed E-state index contributed by atoms with van der Waals surface area (Å²) in [4.78, 5) is 31.2. The molecular formula is C25H27FN4O3. The maximum absolute atomic E-state index is 13.8. The predicted octanol–water partition coefficient (Wildman–Crippen LogP) is 3.85. The fourth-order valence-corrected chi connectivity index (χ4v) is 3.94. The molecule has 1 aliphatic heterocycles. The van der Waals surface area contributed by atoms with Crippen LogP contribution in [0.15, 0.2) is 47.0 Å². The van der Waals surface area contributed by atoms with Gasteiger partial charge in [-0.1, -0.05) is 35.5 Å². The molecule has 33 heavy (non-hydrogen) atoms. The van der Waals surface area contributed by atoms with E-state index in [0.717, 1.165) is 5.56 Å². The minimum atomic E-state index is -0.326. The number of nitrogens with one attached hydrogen (secondary N) is 1. The van der Waals surface area contributed by atoms with E-state index >= 15 is 0 Å². The van der Waals surface area contributed by atoms with Gasteiger partial charge in [0, 0.05) is 43.1 Å². The van der Waals surface area contributed by atoms with Gasteiger partial charge in [-0.2, -0.15) is 4.98 Å². The van der Waals surface area contributed by atoms with Crippen molar-refractivity contribution >= 4 is 11.8 Å². The largest absolute Gasteiger partial charge is 0.349 e. The smallest absolute Gasteiger partial charge is 0.251 e. The summed E-state index contributed by atoms with van der Waals surface area (Å²) in [6.45, 7) is 4.79. The highest BCUT2D eigenvalue weighted by Crippen LogP contribution is 2.20. The van der Waals surface area contributed by atoms with Gasteiger partial charge >= 0.3 is 0 Å². The van der Waals surface area contributed by atoms with E-state index in [9.17, 15) is 14.0 Å². The Labute approximate surface area is 192 Å². The van der Waals surface area contributed by atoms with Gasteiger partial charge in [-0.3, -0.25) is 9.59 Å². The zero-order valence-corrected chi connectivity index (χ0v) is 18.8. The Bertz CT molecular complexity index is 1150. The standard InChI is InChI=1S/C25H27FN4O3/c1-16-5-3-4-6-20(16)25(32)27-19-11-13-30(14-12-19)23(31)10-9-22-28-24(29-33-22)18-8-7-17(2)21(26)15-18/h3-8,15,19H,9-14H2,1-2H3,(H,27,32). The lowest BCUT2D eigenvalue weighted by molar-refractivity contribution is -0.132. The first-order valence-electron chi connectivity index (χ1n) is 11.1. The molecule has 172 valence electrons. The lowest BCUT2D eigenvalue weighted by Crippen LogP contribution is -2.46. The van der Waals surface area contributed by atoms with Crippen molar-refractivity contribution in [2.45, 2.75) is 45.6 Å². The fourth-order valence-electron chi connectivity index (χ4n) is 3.94. The van der Waals surface area contributed by atoms with E-state index in [1.54, 1.807) is 19.1 Å². The van der Waals surface area contributed by atoms with Crippen molar-refractivity contribution < 1.29 is 18.5 Å². The second-order valence-corrected chi connectivity index (χ2v) is 8.42. The summed E-state index contributed by atoms with van der Waals surface area (Å²) in [5, 5.41) is 6.98. The molecule has 1 aliphatic rings. The number of nitrogens with zero attached hydrogens (tertiary/aromatic N) is 3. The summed E-state index contributed by atoms with van der Waals surface area (Å²) in [6.07, 6.45) is 2.01. The molecule has 2 amide bonds. The third kappa shape index (κ3) is 5.45. The molecule has 1 saturated heterocycles. The van der Waals surface area contributed by atoms with E-state index in [1.165, 1.54) is 6.07 Å². The van der Waals surface area contributed by atoms with E-state index in [4.69, 9.17) is 4.52 Å². The SMILES string of the molecule is Cc1ccc(-c2noc(CCC(=O)N3CCC(NC(=O)c4ccccc4C)CC3)n2)cc1F. The van der Waals surface area contributed by atoms with Crippen LogP contribution in [0.2, 0.25) is 0 Å². The molecule has 3 aromatic rings. The van der Waals surface area contributed by atoms with Gasteiger partial charge < -0.3 is 14.7 Å². The van der Waals surface area contributed by atoms with Crippen LogP contribution in [0.25, 0.3) is 11.4 Å². The molecule has 0 saturated carbocycles. The Kier molecular flexibility index (Phi) is 6.82. The Balaban J connectivity index is 1.24. The lowest BCUT2D eigenvalue weighted by Gasteiger charge is -2.32. The van der Waals surface area contributed by atoms with Crippen molar-refractivity contribution in [1.82, 2.24) is 20.4 Å². The topological polar surface area (TPSA) is 88.3 Å². The molecule has 1 aromatic heterocycles. The maximum Gasteiger partial charge on any atom is 0.251 e. The van der Waals surface area contributed by atoms with Crippen LogP contribution in [0.3, 0.4) is 0 Å². The average Bonchev–Trinajstić information content (AvgIpc) is 3.29. The van der Waals surface area contributed by atoms with Gasteiger partial charge in [0.2, 0.25) is 17.6 Å². The zero-order valence-electron chi connectivity index (χ0n) is 18.8. The molecular weight excluding hydrogens is 423 g/mol. The Hall–Kier alpha value is -3.55. The first-order valence-corrected chi connectivity index (χ1v) is 11.1. The van der Waals surface area contributed by atoms with E-state index in [2.05, 4.69) is 15.5 Å². The van der Waals surface area contributed by atoms with Crippen molar-refractivity contribution in [2.24, 2.45) is 0 Å². The average molecular weight is 451 g/mol. The molecule has 8 heteroatoms. The fraction of sp³-hybridized carbons (Fsp3) is 0.360. The summed E-state index contributed by atoms with van der Waals surface area (Å²) in [5.74, 6) is 0.270. The van der Waals surface area contributed by atoms with Crippen molar-refractivity contribution in [3.63, 3.8) is 0 Å². The molecule has 0 radical (unpaired) electrons. The number of piperidine rings is 1. The summed E-state index contributed by atoms with van der Waals surface area (Å²) < 4.78 is 19.0. The number of carbonyl (C=O) groups excluding carboxylic acids is 2. The third-order valence-corrected chi connectivity index (χ3v) is 6.02. The highest BCUT2D eigenvalue weighted by Gasteiger charge is 2.25. The highest BCUT2D eigenvalue weighted by atomic mass is 19.1. The third-order valence-electron chi connectivity index (χ3n) is 6.02. The quantitative estimate of drug-likeness (QED) is 0.616. The second kappa shape index (κ2) is 9.94. The lowest BCUT2D eigenvalue weighted by atomic mass is 10.0. The first-order chi connectivity index (χ1) is 15.9. The van der Waals surface area contributed by atoms with Crippen molar-refractivity contribution in [2.75, 3.05) is 13.1 Å². The minimum Gasteiger partial charge on any atom is -0.349 e. The number of halogens is 1. The van der Waals surface area contributed by atoms with Crippen LogP contribution in [-0.2, 0) is 11.2 Å². The number of benzene rings is 2.